The van der Waals surface area contributed by atoms with Crippen molar-refractivity contribution < 1.29 is 28.7 Å². The molecule has 8 atom stereocenters. The van der Waals surface area contributed by atoms with Crippen LogP contribution in [0.3, 0.4) is 0 Å². The van der Waals surface area contributed by atoms with E-state index in [2.05, 4.69) is 58.1 Å². The molecule has 3 aromatic carbocycles. The molecule has 4 aliphatic carbocycles. The number of aliphatic imine (C=N–C) groups is 1. The molecule has 14 nitrogen and oxygen atoms in total. The number of amides is 4. The van der Waals surface area contributed by atoms with E-state index >= 15 is 0 Å². The van der Waals surface area contributed by atoms with E-state index in [-0.39, 0.29) is 58.8 Å². The molecule has 7 aliphatic rings. The van der Waals surface area contributed by atoms with Crippen LogP contribution in [0, 0.1) is 29.1 Å². The molecule has 1 aromatic heterocycles. The van der Waals surface area contributed by atoms with Crippen LogP contribution in [0.15, 0.2) is 70.6 Å². The van der Waals surface area contributed by atoms with Crippen molar-refractivity contribution in [2.45, 2.75) is 135 Å². The fourth-order valence-corrected chi connectivity index (χ4v) is 12.9. The minimum absolute atomic E-state index is 0.0595. The average molecular weight is 934 g/mol. The number of aromatic nitrogens is 2. The zero-order valence-electron chi connectivity index (χ0n) is 40.5. The number of fused-ring (bicyclic) bond motifs is 4. The third-order valence-electron chi connectivity index (χ3n) is 16.8. The van der Waals surface area contributed by atoms with E-state index in [4.69, 9.17) is 19.5 Å². The van der Waals surface area contributed by atoms with E-state index in [1.54, 1.807) is 0 Å². The lowest BCUT2D eigenvalue weighted by molar-refractivity contribution is -0.137. The number of rotatable bonds is 11. The lowest BCUT2D eigenvalue weighted by atomic mass is 9.82. The van der Waals surface area contributed by atoms with Gasteiger partial charge in [-0.05, 0) is 137 Å². The van der Waals surface area contributed by atoms with Gasteiger partial charge in [0.15, 0.2) is 0 Å². The van der Waals surface area contributed by atoms with Gasteiger partial charge >= 0.3 is 12.2 Å². The van der Waals surface area contributed by atoms with Gasteiger partial charge < -0.3 is 34.9 Å². The van der Waals surface area contributed by atoms with Gasteiger partial charge in [-0.3, -0.25) is 19.4 Å². The number of hydrogen-bond acceptors (Lipinski definition) is 9. The van der Waals surface area contributed by atoms with Crippen LogP contribution >= 0.6 is 0 Å². The summed E-state index contributed by atoms with van der Waals surface area (Å²) in [7, 11) is 2.60. The van der Waals surface area contributed by atoms with Gasteiger partial charge in [0.25, 0.3) is 5.56 Å². The van der Waals surface area contributed by atoms with Gasteiger partial charge in [-0.1, -0.05) is 83.0 Å². The number of carbonyl (C=O) groups is 4. The predicted molar refractivity (Wildman–Crippen MR) is 263 cm³/mol. The molecule has 1 spiro atoms. The Bertz CT molecular complexity index is 2900. The van der Waals surface area contributed by atoms with Crippen LogP contribution < -0.4 is 16.2 Å². The molecule has 2 saturated heterocycles. The number of carbonyl (C=O) groups excluding carboxylic acids is 4. The summed E-state index contributed by atoms with van der Waals surface area (Å²) in [5.74, 6) is 0.806. The van der Waals surface area contributed by atoms with E-state index in [9.17, 15) is 24.0 Å². The summed E-state index contributed by atoms with van der Waals surface area (Å²) in [5.41, 5.74) is 11.2. The Morgan fingerprint density at radius 1 is 0.710 bits per heavy atom. The molecule has 69 heavy (non-hydrogen) atoms. The largest absolute Gasteiger partial charge is 0.453 e. The van der Waals surface area contributed by atoms with E-state index in [1.807, 2.05) is 55.8 Å². The molecule has 4 aromatic rings. The van der Waals surface area contributed by atoms with Gasteiger partial charge in [0.2, 0.25) is 11.8 Å². The second kappa shape index (κ2) is 17.3. The van der Waals surface area contributed by atoms with Gasteiger partial charge in [-0.2, -0.15) is 0 Å². The first-order valence-electron chi connectivity index (χ1n) is 25.1. The summed E-state index contributed by atoms with van der Waals surface area (Å²) < 4.78 is 9.68. The second-order valence-electron chi connectivity index (χ2n) is 21.7. The number of aromatic amines is 1. The van der Waals surface area contributed by atoms with Crippen LogP contribution in [-0.4, -0.2) is 93.9 Å². The molecule has 5 fully saturated rings. The lowest BCUT2D eigenvalue weighted by Crippen LogP contribution is -2.54. The van der Waals surface area contributed by atoms with Gasteiger partial charge in [0, 0.05) is 30.4 Å². The molecule has 360 valence electrons. The zero-order chi connectivity index (χ0) is 48.0. The molecule has 4 unspecified atom stereocenters. The molecule has 0 radical (unpaired) electrons. The number of hydrogen-bond donors (Lipinski definition) is 3. The quantitative estimate of drug-likeness (QED) is 0.134. The van der Waals surface area contributed by atoms with E-state index in [1.165, 1.54) is 62.2 Å². The van der Waals surface area contributed by atoms with Crippen molar-refractivity contribution in [2.24, 2.45) is 34.1 Å². The van der Waals surface area contributed by atoms with Crippen LogP contribution in [-0.2, 0) is 31.9 Å². The maximum Gasteiger partial charge on any atom is 0.407 e. The van der Waals surface area contributed by atoms with Crippen molar-refractivity contribution in [3.8, 4) is 22.3 Å². The molecule has 4 amide bonds. The first-order valence-corrected chi connectivity index (χ1v) is 25.1. The number of nitrogens with zero attached hydrogens (tertiary/aromatic N) is 4. The van der Waals surface area contributed by atoms with Gasteiger partial charge in [0.05, 0.1) is 37.2 Å². The van der Waals surface area contributed by atoms with Crippen LogP contribution in [0.1, 0.15) is 114 Å². The Balaban J connectivity index is 0.835. The Labute approximate surface area is 402 Å². The topological polar surface area (TPSA) is 175 Å². The summed E-state index contributed by atoms with van der Waals surface area (Å²) in [6.45, 7) is 7.68. The number of piperidine rings is 2. The summed E-state index contributed by atoms with van der Waals surface area (Å²) in [4.78, 5) is 83.3. The molecular formula is C55H63N7O7. The number of allylic oxidation sites excluding steroid dienone is 1. The molecule has 4 heterocycles. The fraction of sp³-hybridized carbons (Fsp3) is 0.509. The van der Waals surface area contributed by atoms with E-state index in [0.29, 0.717) is 41.4 Å². The Hall–Kier alpha value is -6.31. The van der Waals surface area contributed by atoms with Gasteiger partial charge in [-0.25, -0.2) is 14.6 Å². The second-order valence-corrected chi connectivity index (χ2v) is 21.7. The summed E-state index contributed by atoms with van der Waals surface area (Å²) >= 11 is 0. The molecule has 3 N–H and O–H groups in total. The number of likely N-dealkylation sites (tertiary alicyclic amines) is 2. The molecular weight excluding hydrogens is 871 g/mol. The van der Waals surface area contributed by atoms with Crippen LogP contribution in [0.4, 0.5) is 9.59 Å². The Morgan fingerprint density at radius 2 is 1.25 bits per heavy atom. The number of alkyl carbamates (subject to hydrolysis) is 2. The number of methoxy groups -OCH3 is 2. The normalized spacial score (nSPS) is 25.6. The van der Waals surface area contributed by atoms with Crippen molar-refractivity contribution in [1.29, 1.82) is 0 Å². The molecule has 3 aliphatic heterocycles. The lowest BCUT2D eigenvalue weighted by Gasteiger charge is -2.33. The average Bonchev–Trinajstić information content (AvgIpc) is 3.82. The molecule has 11 rings (SSSR count). The van der Waals surface area contributed by atoms with E-state index in [0.717, 1.165) is 60.1 Å². The predicted octanol–water partition coefficient (Wildman–Crippen LogP) is 8.51. The standard InChI is InChI=1S/C55H63N7O7/c1-28(2)47(58-53(66)68-5)51(64)61-43-21-33(43)23-45(61)42-20-35(27-56-42)30-9-11-31(12-10-30)36-14-15-37(40-26-55(25-39(36)40)17-7-8-18-55)32-13-16-41-38(19-32)50(63)60-49(57-41)46-24-34-22-44(34)62(46)52(65)48(29(3)4)59-54(67)69-6/h9-16,19,27-29,33-34,43-48H,7-8,17-18,20-26H2,1-6H3,(H,58,66)(H,59,67)(H,57,60,63)/t33?,34?,43?,44?,45-,46-,47-,48-/m0/s1. The Kier molecular flexibility index (Phi) is 11.3. The zero-order valence-corrected chi connectivity index (χ0v) is 40.5. The van der Waals surface area contributed by atoms with Crippen molar-refractivity contribution in [3.05, 3.63) is 93.7 Å². The van der Waals surface area contributed by atoms with Gasteiger partial charge in [0.1, 0.15) is 17.9 Å². The third kappa shape index (κ3) is 8.01. The van der Waals surface area contributed by atoms with Crippen molar-refractivity contribution in [1.82, 2.24) is 30.4 Å². The highest BCUT2D eigenvalue weighted by molar-refractivity contribution is 6.04. The van der Waals surface area contributed by atoms with Crippen LogP contribution in [0.5, 0.6) is 0 Å². The van der Waals surface area contributed by atoms with Crippen LogP contribution in [0.2, 0.25) is 0 Å². The highest BCUT2D eigenvalue weighted by atomic mass is 16.5. The fourth-order valence-electron chi connectivity index (χ4n) is 12.9. The minimum Gasteiger partial charge on any atom is -0.453 e. The smallest absolute Gasteiger partial charge is 0.407 e. The minimum atomic E-state index is -0.757. The third-order valence-corrected chi connectivity index (χ3v) is 16.8. The maximum atomic E-state index is 14.0. The SMILES string of the molecule is COC(=O)N[C@H](C(=O)N1C2CC2C[C@H]1C1=NC=C(c2ccc(-c3ccc(-c4ccc5nc([C@@H]6CC7CC7N6C(=O)[C@@H](NC(=O)OC)C(C)C)[nH]c(=O)c5c4)c4c3CC3(CCCC3)C4)cc2)C1)C(C)C. The molecule has 3 saturated carbocycles. The van der Waals surface area contributed by atoms with Crippen molar-refractivity contribution in [3.63, 3.8) is 0 Å². The molecule has 0 bridgehead atoms. The van der Waals surface area contributed by atoms with E-state index < -0.39 is 24.3 Å². The van der Waals surface area contributed by atoms with Gasteiger partial charge in [-0.15, -0.1) is 0 Å². The van der Waals surface area contributed by atoms with Crippen molar-refractivity contribution >= 4 is 46.2 Å². The maximum absolute atomic E-state index is 14.0. The summed E-state index contributed by atoms with van der Waals surface area (Å²) in [6, 6.07) is 17.7. The Morgan fingerprint density at radius 3 is 1.83 bits per heavy atom. The highest BCUT2D eigenvalue weighted by Crippen LogP contribution is 2.55. The first-order chi connectivity index (χ1) is 33.2. The number of nitrogens with one attached hydrogen (secondary N) is 3. The summed E-state index contributed by atoms with van der Waals surface area (Å²) in [6.07, 6.45) is 11.9. The monoisotopic (exact) mass is 933 g/mol. The molecule has 14 heteroatoms. The number of benzene rings is 3. The van der Waals surface area contributed by atoms with Crippen LogP contribution in [0.25, 0.3) is 38.7 Å². The number of ether oxygens (including phenoxy) is 2. The summed E-state index contributed by atoms with van der Waals surface area (Å²) in [5, 5.41) is 6.02. The number of H-pyrrole nitrogens is 1. The van der Waals surface area contributed by atoms with Crippen molar-refractivity contribution in [2.75, 3.05) is 14.2 Å². The highest BCUT2D eigenvalue weighted by Gasteiger charge is 2.58. The first kappa shape index (κ1) is 45.2.